The van der Waals surface area contributed by atoms with E-state index in [2.05, 4.69) is 108 Å². The lowest BCUT2D eigenvalue weighted by Gasteiger charge is -2.36. The molecule has 188 valence electrons. The van der Waals surface area contributed by atoms with Gasteiger partial charge in [0.1, 0.15) is 11.2 Å². The predicted octanol–water partition coefficient (Wildman–Crippen LogP) is 10.1. The highest BCUT2D eigenvalue weighted by Gasteiger charge is 2.45. The van der Waals surface area contributed by atoms with Gasteiger partial charge in [-0.05, 0) is 82.7 Å². The molecule has 2 nitrogen and oxygen atoms in total. The average Bonchev–Trinajstić information content (AvgIpc) is 3.37. The standard InChI is InChI=1S/C35H37NO/c1-21(2)19-35(20-22(3)4)29-13-8-7-10-25(29)26-14-15-31-32(33(26)35)28-12-9-11-27(34(28)37-31)30-18-24(23(5)6)16-17-36-30/h7-18,21-23H,19-20H2,1-6H3. The number of rotatable bonds is 6. The second-order valence-corrected chi connectivity index (χ2v) is 12.1. The monoisotopic (exact) mass is 487 g/mol. The van der Waals surface area contributed by atoms with Gasteiger partial charge in [0.15, 0.2) is 0 Å². The van der Waals surface area contributed by atoms with Gasteiger partial charge in [0.25, 0.3) is 0 Å². The van der Waals surface area contributed by atoms with Gasteiger partial charge >= 0.3 is 0 Å². The molecule has 0 saturated heterocycles. The molecule has 0 radical (unpaired) electrons. The second kappa shape index (κ2) is 8.87. The van der Waals surface area contributed by atoms with Crippen LogP contribution >= 0.6 is 0 Å². The van der Waals surface area contributed by atoms with Gasteiger partial charge in [-0.1, -0.05) is 84.0 Å². The number of fused-ring (bicyclic) bond motifs is 7. The Kier molecular flexibility index (Phi) is 5.75. The van der Waals surface area contributed by atoms with Crippen LogP contribution in [-0.2, 0) is 5.41 Å². The zero-order chi connectivity index (χ0) is 25.9. The summed E-state index contributed by atoms with van der Waals surface area (Å²) < 4.78 is 6.73. The number of hydrogen-bond acceptors (Lipinski definition) is 2. The summed E-state index contributed by atoms with van der Waals surface area (Å²) in [4.78, 5) is 4.76. The molecule has 0 bridgehead atoms. The SMILES string of the molecule is CC(C)CC1(CC(C)C)c2ccccc2-c2ccc3oc4c(-c5cc(C(C)C)ccn5)cccc4c3c21. The Morgan fingerprint density at radius 3 is 2.22 bits per heavy atom. The molecule has 0 unspecified atom stereocenters. The fourth-order valence-corrected chi connectivity index (χ4v) is 6.94. The van der Waals surface area contributed by atoms with Gasteiger partial charge in [-0.2, -0.15) is 0 Å². The van der Waals surface area contributed by atoms with Crippen molar-refractivity contribution in [2.45, 2.75) is 65.7 Å². The zero-order valence-electron chi connectivity index (χ0n) is 22.9. The summed E-state index contributed by atoms with van der Waals surface area (Å²) in [5, 5.41) is 2.48. The Labute approximate surface area is 220 Å². The van der Waals surface area contributed by atoms with Crippen LogP contribution in [0.3, 0.4) is 0 Å². The number of hydrogen-bond donors (Lipinski definition) is 0. The summed E-state index contributed by atoms with van der Waals surface area (Å²) in [7, 11) is 0. The highest BCUT2D eigenvalue weighted by molar-refractivity contribution is 6.14. The van der Waals surface area contributed by atoms with E-state index < -0.39 is 0 Å². The Balaban J connectivity index is 1.69. The van der Waals surface area contributed by atoms with Crippen molar-refractivity contribution in [1.29, 1.82) is 0 Å². The first kappa shape index (κ1) is 24.0. The van der Waals surface area contributed by atoms with Gasteiger partial charge in [0.05, 0.1) is 5.69 Å². The molecular weight excluding hydrogens is 450 g/mol. The van der Waals surface area contributed by atoms with Crippen LogP contribution in [0.5, 0.6) is 0 Å². The maximum Gasteiger partial charge on any atom is 0.144 e. The molecule has 5 aromatic rings. The molecule has 2 heteroatoms. The molecule has 0 aliphatic heterocycles. The molecule has 3 aromatic carbocycles. The van der Waals surface area contributed by atoms with Crippen molar-refractivity contribution in [2.24, 2.45) is 11.8 Å². The molecule has 1 aliphatic rings. The summed E-state index contributed by atoms with van der Waals surface area (Å²) in [6.45, 7) is 13.9. The van der Waals surface area contributed by atoms with E-state index in [1.165, 1.54) is 38.6 Å². The lowest BCUT2D eigenvalue weighted by atomic mass is 9.67. The molecule has 0 saturated carbocycles. The molecular formula is C35H37NO. The molecule has 1 aliphatic carbocycles. The molecule has 0 fully saturated rings. The number of nitrogens with zero attached hydrogens (tertiary/aromatic N) is 1. The van der Waals surface area contributed by atoms with Crippen LogP contribution in [0.25, 0.3) is 44.3 Å². The van der Waals surface area contributed by atoms with Crippen LogP contribution in [0.15, 0.2) is 77.3 Å². The first-order chi connectivity index (χ1) is 17.8. The van der Waals surface area contributed by atoms with E-state index in [0.29, 0.717) is 17.8 Å². The van der Waals surface area contributed by atoms with Crippen LogP contribution in [0, 0.1) is 11.8 Å². The zero-order valence-corrected chi connectivity index (χ0v) is 22.9. The fourth-order valence-electron chi connectivity index (χ4n) is 6.94. The maximum absolute atomic E-state index is 6.73. The Morgan fingerprint density at radius 1 is 0.757 bits per heavy atom. The van der Waals surface area contributed by atoms with Crippen molar-refractivity contribution in [3.8, 4) is 22.4 Å². The highest BCUT2D eigenvalue weighted by Crippen LogP contribution is 2.58. The van der Waals surface area contributed by atoms with Gasteiger partial charge in [0, 0.05) is 27.9 Å². The third-order valence-electron chi connectivity index (χ3n) is 8.11. The van der Waals surface area contributed by atoms with Crippen molar-refractivity contribution in [3.05, 3.63) is 89.6 Å². The molecule has 2 heterocycles. The van der Waals surface area contributed by atoms with Gasteiger partial charge in [-0.15, -0.1) is 0 Å². The molecule has 0 atom stereocenters. The minimum Gasteiger partial charge on any atom is -0.455 e. The quantitative estimate of drug-likeness (QED) is 0.238. The Bertz CT molecular complexity index is 1610. The van der Waals surface area contributed by atoms with Gasteiger partial charge in [0.2, 0.25) is 0 Å². The summed E-state index contributed by atoms with van der Waals surface area (Å²) in [6, 6.07) is 24.5. The first-order valence-corrected chi connectivity index (χ1v) is 13.8. The second-order valence-electron chi connectivity index (χ2n) is 12.1. The number of benzene rings is 3. The van der Waals surface area contributed by atoms with Crippen molar-refractivity contribution in [3.63, 3.8) is 0 Å². The smallest absolute Gasteiger partial charge is 0.144 e. The number of pyridine rings is 1. The molecule has 6 rings (SSSR count). The number of aromatic nitrogens is 1. The largest absolute Gasteiger partial charge is 0.455 e. The lowest BCUT2D eigenvalue weighted by molar-refractivity contribution is 0.339. The fraction of sp³-hybridized carbons (Fsp3) is 0.343. The summed E-state index contributed by atoms with van der Waals surface area (Å²) in [6.07, 6.45) is 4.17. The van der Waals surface area contributed by atoms with Gasteiger partial charge in [-0.3, -0.25) is 4.98 Å². The summed E-state index contributed by atoms with van der Waals surface area (Å²) in [5.74, 6) is 1.60. The van der Waals surface area contributed by atoms with E-state index in [1.54, 1.807) is 0 Å². The van der Waals surface area contributed by atoms with Gasteiger partial charge < -0.3 is 4.42 Å². The lowest BCUT2D eigenvalue weighted by Crippen LogP contribution is -2.29. The summed E-state index contributed by atoms with van der Waals surface area (Å²) in [5.41, 5.74) is 10.9. The van der Waals surface area contributed by atoms with Crippen LogP contribution in [0.2, 0.25) is 0 Å². The third kappa shape index (κ3) is 3.72. The number of furan rings is 1. The highest BCUT2D eigenvalue weighted by atomic mass is 16.3. The molecule has 0 amide bonds. The molecule has 37 heavy (non-hydrogen) atoms. The van der Waals surface area contributed by atoms with Crippen molar-refractivity contribution in [2.75, 3.05) is 0 Å². The van der Waals surface area contributed by atoms with Crippen LogP contribution < -0.4 is 0 Å². The van der Waals surface area contributed by atoms with E-state index in [0.717, 1.165) is 35.3 Å². The Hall–Kier alpha value is -3.39. The van der Waals surface area contributed by atoms with Crippen LogP contribution in [0.1, 0.15) is 77.0 Å². The maximum atomic E-state index is 6.73. The van der Waals surface area contributed by atoms with E-state index in [9.17, 15) is 0 Å². The van der Waals surface area contributed by atoms with Crippen LogP contribution in [-0.4, -0.2) is 4.98 Å². The first-order valence-electron chi connectivity index (χ1n) is 13.8. The topological polar surface area (TPSA) is 26.0 Å². The molecule has 0 N–H and O–H groups in total. The van der Waals surface area contributed by atoms with E-state index >= 15 is 0 Å². The Morgan fingerprint density at radius 2 is 1.49 bits per heavy atom. The minimum absolute atomic E-state index is 0.0314. The predicted molar refractivity (Wildman–Crippen MR) is 156 cm³/mol. The van der Waals surface area contributed by atoms with E-state index in [-0.39, 0.29) is 5.41 Å². The van der Waals surface area contributed by atoms with Crippen LogP contribution in [0.4, 0.5) is 0 Å². The van der Waals surface area contributed by atoms with Crippen molar-refractivity contribution in [1.82, 2.24) is 4.98 Å². The normalized spacial score (nSPS) is 14.3. The van der Waals surface area contributed by atoms with E-state index in [4.69, 9.17) is 9.40 Å². The summed E-state index contributed by atoms with van der Waals surface area (Å²) >= 11 is 0. The minimum atomic E-state index is -0.0314. The average molecular weight is 488 g/mol. The van der Waals surface area contributed by atoms with Crippen molar-refractivity contribution >= 4 is 21.9 Å². The molecule has 0 spiro atoms. The number of para-hydroxylation sites is 1. The molecule has 2 aromatic heterocycles. The van der Waals surface area contributed by atoms with Gasteiger partial charge in [-0.25, -0.2) is 0 Å². The third-order valence-corrected chi connectivity index (χ3v) is 8.11. The van der Waals surface area contributed by atoms with E-state index in [1.807, 2.05) is 6.20 Å². The van der Waals surface area contributed by atoms with Crippen molar-refractivity contribution < 1.29 is 4.42 Å².